The topological polar surface area (TPSA) is 165 Å². The summed E-state index contributed by atoms with van der Waals surface area (Å²) in [7, 11) is -10.2. The normalized spacial score (nSPS) is 13.4. The molecule has 294 valence electrons. The molecule has 0 fully saturated rings. The zero-order valence-electron chi connectivity index (χ0n) is 32.0. The van der Waals surface area contributed by atoms with E-state index in [0.717, 1.165) is 67.4 Å². The van der Waals surface area contributed by atoms with Gasteiger partial charge in [-0.3, -0.25) is 13.7 Å². The Morgan fingerprint density at radius 3 is 1.80 bits per heavy atom. The highest BCUT2D eigenvalue weighted by Gasteiger charge is 2.36. The molecular weight excluding hydrogens is 795 g/mol. The zero-order chi connectivity index (χ0) is 41.6. The quantitative estimate of drug-likeness (QED) is 0.148. The van der Waals surface area contributed by atoms with Gasteiger partial charge in [0.15, 0.2) is 11.6 Å². The van der Waals surface area contributed by atoms with Gasteiger partial charge in [-0.25, -0.2) is 19.9 Å². The first-order valence-electron chi connectivity index (χ1n) is 18.9. The van der Waals surface area contributed by atoms with Crippen LogP contribution < -0.4 is 0 Å². The van der Waals surface area contributed by atoms with Crippen LogP contribution in [0.3, 0.4) is 0 Å². The van der Waals surface area contributed by atoms with Crippen LogP contribution in [-0.2, 0) is 25.7 Å². The van der Waals surface area contributed by atoms with Crippen molar-refractivity contribution in [3.05, 3.63) is 163 Å². The summed E-state index contributed by atoms with van der Waals surface area (Å²) < 4.78 is 74.9. The number of nitrogens with zero attached hydrogens (tertiary/aromatic N) is 5. The lowest BCUT2D eigenvalue weighted by Crippen LogP contribution is -2.15. The van der Waals surface area contributed by atoms with Crippen LogP contribution >= 0.6 is 0 Å². The third-order valence-electron chi connectivity index (χ3n) is 11.3. The van der Waals surface area contributed by atoms with E-state index in [4.69, 9.17) is 9.97 Å². The molecule has 0 spiro atoms. The highest BCUT2D eigenvalue weighted by atomic mass is 32.2. The Kier molecular flexibility index (Phi) is 8.46. The van der Waals surface area contributed by atoms with E-state index >= 15 is 0 Å². The van der Waals surface area contributed by atoms with Crippen LogP contribution in [0, 0.1) is 0 Å². The van der Waals surface area contributed by atoms with E-state index in [1.54, 1.807) is 6.07 Å². The molecule has 60 heavy (non-hydrogen) atoms. The minimum Gasteiger partial charge on any atom is -0.294 e. The molecule has 3 heterocycles. The predicted molar refractivity (Wildman–Crippen MR) is 231 cm³/mol. The summed E-state index contributed by atoms with van der Waals surface area (Å²) in [6.07, 6.45) is 2.59. The SMILES string of the molecule is CC1(C)c2ccccc2-c2cc3c4cc(-c5cc(S(=O)(=O)O)c(-c6ncccn6)c(S(=O)(=O)O)c5)ccc4n(-c4cc(-c5ccccc5)nc(-c5ccccc5)n4)c3cc21. The third kappa shape index (κ3) is 6.09. The van der Waals surface area contributed by atoms with Crippen molar-refractivity contribution in [1.29, 1.82) is 0 Å². The van der Waals surface area contributed by atoms with Gasteiger partial charge in [0.2, 0.25) is 0 Å². The molecule has 10 rings (SSSR count). The molecule has 0 atom stereocenters. The molecule has 0 aliphatic heterocycles. The first-order valence-corrected chi connectivity index (χ1v) is 21.8. The fraction of sp³-hybridized carbons (Fsp3) is 0.0638. The zero-order valence-corrected chi connectivity index (χ0v) is 33.6. The van der Waals surface area contributed by atoms with E-state index in [9.17, 15) is 25.9 Å². The molecule has 9 aromatic rings. The van der Waals surface area contributed by atoms with Crippen LogP contribution in [-0.4, -0.2) is 50.4 Å². The predicted octanol–water partition coefficient (Wildman–Crippen LogP) is 9.83. The monoisotopic (exact) mass is 827 g/mol. The van der Waals surface area contributed by atoms with Crippen LogP contribution in [0.5, 0.6) is 0 Å². The molecule has 6 aromatic carbocycles. The van der Waals surface area contributed by atoms with Gasteiger partial charge >= 0.3 is 0 Å². The van der Waals surface area contributed by atoms with Gasteiger partial charge in [-0.15, -0.1) is 0 Å². The van der Waals surface area contributed by atoms with Crippen molar-refractivity contribution in [1.82, 2.24) is 24.5 Å². The Balaban J connectivity index is 1.29. The molecule has 2 N–H and O–H groups in total. The van der Waals surface area contributed by atoms with E-state index < -0.39 is 35.6 Å². The van der Waals surface area contributed by atoms with E-state index in [1.165, 1.54) is 24.0 Å². The fourth-order valence-corrected chi connectivity index (χ4v) is 10.0. The van der Waals surface area contributed by atoms with Gasteiger partial charge in [-0.1, -0.05) is 105 Å². The highest BCUT2D eigenvalue weighted by molar-refractivity contribution is 7.87. The van der Waals surface area contributed by atoms with Crippen LogP contribution in [0.2, 0.25) is 0 Å². The van der Waals surface area contributed by atoms with Gasteiger partial charge in [0.25, 0.3) is 20.2 Å². The van der Waals surface area contributed by atoms with Gasteiger partial charge in [0, 0.05) is 45.8 Å². The van der Waals surface area contributed by atoms with Crippen molar-refractivity contribution in [2.45, 2.75) is 29.1 Å². The van der Waals surface area contributed by atoms with Crippen molar-refractivity contribution in [3.8, 4) is 62.1 Å². The first kappa shape index (κ1) is 37.4. The number of aromatic nitrogens is 5. The van der Waals surface area contributed by atoms with Crippen LogP contribution in [0.15, 0.2) is 162 Å². The van der Waals surface area contributed by atoms with Gasteiger partial charge in [-0.2, -0.15) is 16.8 Å². The second-order valence-corrected chi connectivity index (χ2v) is 18.0. The van der Waals surface area contributed by atoms with Crippen molar-refractivity contribution < 1.29 is 25.9 Å². The van der Waals surface area contributed by atoms with Crippen molar-refractivity contribution >= 4 is 42.0 Å². The molecule has 1 aliphatic carbocycles. The first-order chi connectivity index (χ1) is 28.8. The Morgan fingerprint density at radius 1 is 0.517 bits per heavy atom. The minimum atomic E-state index is -5.08. The summed E-state index contributed by atoms with van der Waals surface area (Å²) in [4.78, 5) is 16.7. The van der Waals surface area contributed by atoms with Crippen molar-refractivity contribution in [2.24, 2.45) is 0 Å². The Hall–Kier alpha value is -6.90. The second kappa shape index (κ2) is 13.6. The number of hydrogen-bond acceptors (Lipinski definition) is 8. The summed E-state index contributed by atoms with van der Waals surface area (Å²) in [6, 6.07) is 43.6. The number of benzene rings is 6. The Bertz CT molecular complexity index is 3340. The number of fused-ring (bicyclic) bond motifs is 6. The van der Waals surface area contributed by atoms with E-state index in [0.29, 0.717) is 17.2 Å². The Labute approximate surface area is 345 Å². The van der Waals surface area contributed by atoms with Gasteiger partial charge in [0.05, 0.1) is 22.3 Å². The maximum Gasteiger partial charge on any atom is 0.295 e. The fourth-order valence-electron chi connectivity index (χ4n) is 8.47. The molecule has 3 aromatic heterocycles. The lowest BCUT2D eigenvalue weighted by molar-refractivity contribution is 0.481. The standard InChI is InChI=1S/C47H33N5O6S2/c1-47(2)36-17-10-9-16-32(36)33-25-35-34-22-30(31-23-41(59(53,54)55)44(42(24-31)60(56,57)58)46-48-20-11-21-49-46)18-19-39(34)52(40(35)26-37(33)47)43-27-38(28-12-5-3-6-13-28)50-45(51-43)29-14-7-4-8-15-29/h3-27H,1-2H3,(H,53,54,55)(H,56,57,58). The van der Waals surface area contributed by atoms with Crippen LogP contribution in [0.4, 0.5) is 0 Å². The summed E-state index contributed by atoms with van der Waals surface area (Å²) >= 11 is 0. The molecular formula is C47H33N5O6S2. The molecule has 0 radical (unpaired) electrons. The maximum absolute atomic E-state index is 13.0. The number of rotatable bonds is 7. The molecule has 0 amide bonds. The molecule has 1 aliphatic rings. The number of hydrogen-bond donors (Lipinski definition) is 2. The van der Waals surface area contributed by atoms with E-state index in [-0.39, 0.29) is 16.8 Å². The van der Waals surface area contributed by atoms with E-state index in [1.807, 2.05) is 91.0 Å². The lowest BCUT2D eigenvalue weighted by Gasteiger charge is -2.21. The summed E-state index contributed by atoms with van der Waals surface area (Å²) in [5.41, 5.74) is 8.24. The molecule has 0 saturated carbocycles. The summed E-state index contributed by atoms with van der Waals surface area (Å²) in [5, 5.41) is 1.62. The summed E-state index contributed by atoms with van der Waals surface area (Å²) in [5.74, 6) is 0.832. The molecule has 0 saturated heterocycles. The summed E-state index contributed by atoms with van der Waals surface area (Å²) in [6.45, 7) is 4.42. The van der Waals surface area contributed by atoms with Crippen LogP contribution in [0.1, 0.15) is 25.0 Å². The molecule has 0 bridgehead atoms. The lowest BCUT2D eigenvalue weighted by atomic mass is 9.82. The second-order valence-electron chi connectivity index (χ2n) is 15.2. The molecule has 13 heteroatoms. The average molecular weight is 828 g/mol. The largest absolute Gasteiger partial charge is 0.295 e. The third-order valence-corrected chi connectivity index (χ3v) is 13.0. The van der Waals surface area contributed by atoms with Gasteiger partial charge in [0.1, 0.15) is 15.6 Å². The molecule has 0 unspecified atom stereocenters. The van der Waals surface area contributed by atoms with E-state index in [2.05, 4.69) is 52.6 Å². The van der Waals surface area contributed by atoms with Crippen molar-refractivity contribution in [3.63, 3.8) is 0 Å². The minimum absolute atomic E-state index is 0.102. The van der Waals surface area contributed by atoms with Gasteiger partial charge < -0.3 is 0 Å². The average Bonchev–Trinajstić information content (AvgIpc) is 3.69. The van der Waals surface area contributed by atoms with Gasteiger partial charge in [-0.05, 0) is 75.8 Å². The highest BCUT2D eigenvalue weighted by Crippen LogP contribution is 2.51. The smallest absolute Gasteiger partial charge is 0.294 e. The maximum atomic E-state index is 13.0. The Morgan fingerprint density at radius 2 is 1.13 bits per heavy atom. The van der Waals surface area contributed by atoms with Crippen LogP contribution in [0.25, 0.3) is 83.9 Å². The van der Waals surface area contributed by atoms with Crippen molar-refractivity contribution in [2.75, 3.05) is 0 Å². The molecule has 11 nitrogen and oxygen atoms in total.